The number of amides is 1. The fraction of sp³-hybridized carbons (Fsp3) is 0.188. The standard InChI is InChI=1S/C16H18N2O/c1-12-7-9-13(10-8-12)11-18-15(16(17)19)14-5-3-2-4-6-14/h2-10,15,18H,11H2,1H3,(H2,17,19). The third-order valence-electron chi connectivity index (χ3n) is 3.05. The molecule has 1 amide bonds. The highest BCUT2D eigenvalue weighted by atomic mass is 16.1. The molecule has 0 saturated carbocycles. The molecule has 0 aliphatic carbocycles. The first kappa shape index (κ1) is 13.3. The van der Waals surface area contributed by atoms with Gasteiger partial charge in [0.2, 0.25) is 5.91 Å². The molecule has 2 aromatic carbocycles. The van der Waals surface area contributed by atoms with Crippen LogP contribution in [0, 0.1) is 6.92 Å². The van der Waals surface area contributed by atoms with Gasteiger partial charge in [-0.3, -0.25) is 10.1 Å². The largest absolute Gasteiger partial charge is 0.368 e. The summed E-state index contributed by atoms with van der Waals surface area (Å²) >= 11 is 0. The van der Waals surface area contributed by atoms with Gasteiger partial charge in [0.1, 0.15) is 6.04 Å². The fourth-order valence-electron chi connectivity index (χ4n) is 1.95. The van der Waals surface area contributed by atoms with Crippen LogP contribution in [0.2, 0.25) is 0 Å². The van der Waals surface area contributed by atoms with E-state index in [0.29, 0.717) is 6.54 Å². The van der Waals surface area contributed by atoms with E-state index in [1.165, 1.54) is 5.56 Å². The fourth-order valence-corrected chi connectivity index (χ4v) is 1.95. The Labute approximate surface area is 113 Å². The molecule has 3 nitrogen and oxygen atoms in total. The monoisotopic (exact) mass is 254 g/mol. The van der Waals surface area contributed by atoms with Gasteiger partial charge >= 0.3 is 0 Å². The maximum atomic E-state index is 11.5. The van der Waals surface area contributed by atoms with E-state index in [9.17, 15) is 4.79 Å². The van der Waals surface area contributed by atoms with Crippen molar-refractivity contribution in [3.8, 4) is 0 Å². The van der Waals surface area contributed by atoms with Gasteiger partial charge in [0.25, 0.3) is 0 Å². The van der Waals surface area contributed by atoms with Crippen LogP contribution in [0.25, 0.3) is 0 Å². The summed E-state index contributed by atoms with van der Waals surface area (Å²) in [5.74, 6) is -0.363. The van der Waals surface area contributed by atoms with Gasteiger partial charge in [-0.05, 0) is 18.1 Å². The lowest BCUT2D eigenvalue weighted by Crippen LogP contribution is -2.33. The molecule has 2 aromatic rings. The van der Waals surface area contributed by atoms with Gasteiger partial charge in [-0.15, -0.1) is 0 Å². The van der Waals surface area contributed by atoms with Gasteiger partial charge in [0, 0.05) is 6.54 Å². The zero-order chi connectivity index (χ0) is 13.7. The molecule has 98 valence electrons. The molecule has 0 aliphatic heterocycles. The molecule has 19 heavy (non-hydrogen) atoms. The van der Waals surface area contributed by atoms with Gasteiger partial charge in [0.05, 0.1) is 0 Å². The Kier molecular flexibility index (Phi) is 4.31. The van der Waals surface area contributed by atoms with Crippen molar-refractivity contribution in [3.63, 3.8) is 0 Å². The zero-order valence-corrected chi connectivity index (χ0v) is 11.0. The molecule has 0 fully saturated rings. The minimum atomic E-state index is -0.456. The second-order valence-corrected chi connectivity index (χ2v) is 4.61. The van der Waals surface area contributed by atoms with Crippen molar-refractivity contribution >= 4 is 5.91 Å². The second-order valence-electron chi connectivity index (χ2n) is 4.61. The van der Waals surface area contributed by atoms with Gasteiger partial charge in [-0.25, -0.2) is 0 Å². The number of nitrogens with one attached hydrogen (secondary N) is 1. The molecular formula is C16H18N2O. The van der Waals surface area contributed by atoms with Crippen molar-refractivity contribution < 1.29 is 4.79 Å². The lowest BCUT2D eigenvalue weighted by molar-refractivity contribution is -0.120. The molecule has 1 unspecified atom stereocenters. The Hall–Kier alpha value is -2.13. The molecular weight excluding hydrogens is 236 g/mol. The van der Waals surface area contributed by atoms with Crippen LogP contribution in [0.5, 0.6) is 0 Å². The SMILES string of the molecule is Cc1ccc(CNC(C(N)=O)c2ccccc2)cc1. The number of aryl methyl sites for hydroxylation is 1. The molecule has 1 atom stereocenters. The average molecular weight is 254 g/mol. The summed E-state index contributed by atoms with van der Waals surface area (Å²) in [7, 11) is 0. The summed E-state index contributed by atoms with van der Waals surface area (Å²) in [6, 6.07) is 17.3. The molecule has 3 N–H and O–H groups in total. The van der Waals surface area contributed by atoms with Crippen LogP contribution in [0.3, 0.4) is 0 Å². The summed E-state index contributed by atoms with van der Waals surface area (Å²) in [4.78, 5) is 11.5. The highest BCUT2D eigenvalue weighted by Crippen LogP contribution is 2.13. The van der Waals surface area contributed by atoms with Gasteiger partial charge in [-0.1, -0.05) is 60.2 Å². The van der Waals surface area contributed by atoms with Crippen LogP contribution >= 0.6 is 0 Å². The van der Waals surface area contributed by atoms with E-state index in [4.69, 9.17) is 5.73 Å². The lowest BCUT2D eigenvalue weighted by atomic mass is 10.1. The third kappa shape index (κ3) is 3.66. The number of primary amides is 1. The number of carbonyl (C=O) groups is 1. The summed E-state index contributed by atoms with van der Waals surface area (Å²) < 4.78 is 0. The summed E-state index contributed by atoms with van der Waals surface area (Å²) in [6.45, 7) is 2.66. The van der Waals surface area contributed by atoms with Crippen LogP contribution in [0.4, 0.5) is 0 Å². The lowest BCUT2D eigenvalue weighted by Gasteiger charge is -2.16. The van der Waals surface area contributed by atoms with E-state index in [1.54, 1.807) is 0 Å². The first-order valence-electron chi connectivity index (χ1n) is 6.30. The van der Waals surface area contributed by atoms with E-state index in [1.807, 2.05) is 49.4 Å². The van der Waals surface area contributed by atoms with Crippen LogP contribution < -0.4 is 11.1 Å². The first-order valence-corrected chi connectivity index (χ1v) is 6.30. The summed E-state index contributed by atoms with van der Waals surface area (Å²) in [5.41, 5.74) is 8.70. The maximum absolute atomic E-state index is 11.5. The number of carbonyl (C=O) groups excluding carboxylic acids is 1. The second kappa shape index (κ2) is 6.16. The smallest absolute Gasteiger partial charge is 0.239 e. The molecule has 0 aromatic heterocycles. The van der Waals surface area contributed by atoms with E-state index in [2.05, 4.69) is 17.4 Å². The molecule has 3 heteroatoms. The molecule has 0 saturated heterocycles. The van der Waals surface area contributed by atoms with Gasteiger partial charge in [0.15, 0.2) is 0 Å². The molecule has 0 aliphatic rings. The van der Waals surface area contributed by atoms with Crippen molar-refractivity contribution in [3.05, 3.63) is 71.3 Å². The summed E-state index contributed by atoms with van der Waals surface area (Å²) in [5, 5.41) is 3.20. The first-order chi connectivity index (χ1) is 9.16. The van der Waals surface area contributed by atoms with Crippen LogP contribution in [0.1, 0.15) is 22.7 Å². The van der Waals surface area contributed by atoms with E-state index < -0.39 is 6.04 Å². The Morgan fingerprint density at radius 2 is 1.74 bits per heavy atom. The third-order valence-corrected chi connectivity index (χ3v) is 3.05. The van der Waals surface area contributed by atoms with Gasteiger partial charge in [-0.2, -0.15) is 0 Å². The normalized spacial score (nSPS) is 12.1. The van der Waals surface area contributed by atoms with Gasteiger partial charge < -0.3 is 5.73 Å². The number of nitrogens with two attached hydrogens (primary N) is 1. The Morgan fingerprint density at radius 3 is 2.32 bits per heavy atom. The zero-order valence-electron chi connectivity index (χ0n) is 11.0. The number of rotatable bonds is 5. The molecule has 0 heterocycles. The minimum absolute atomic E-state index is 0.363. The quantitative estimate of drug-likeness (QED) is 0.860. The molecule has 0 bridgehead atoms. The van der Waals surface area contributed by atoms with Crippen LogP contribution in [0.15, 0.2) is 54.6 Å². The van der Waals surface area contributed by atoms with Crippen LogP contribution in [-0.2, 0) is 11.3 Å². The van der Waals surface area contributed by atoms with Crippen molar-refractivity contribution in [2.45, 2.75) is 19.5 Å². The average Bonchev–Trinajstić information content (AvgIpc) is 2.42. The van der Waals surface area contributed by atoms with E-state index in [-0.39, 0.29) is 5.91 Å². The number of hydrogen-bond acceptors (Lipinski definition) is 2. The van der Waals surface area contributed by atoms with E-state index in [0.717, 1.165) is 11.1 Å². The number of hydrogen-bond donors (Lipinski definition) is 2. The topological polar surface area (TPSA) is 55.1 Å². The Bertz CT molecular complexity index is 534. The highest BCUT2D eigenvalue weighted by molar-refractivity contribution is 5.81. The molecule has 0 spiro atoms. The van der Waals surface area contributed by atoms with Crippen molar-refractivity contribution in [2.75, 3.05) is 0 Å². The highest BCUT2D eigenvalue weighted by Gasteiger charge is 2.16. The van der Waals surface area contributed by atoms with Crippen molar-refractivity contribution in [1.82, 2.24) is 5.32 Å². The maximum Gasteiger partial charge on any atom is 0.239 e. The Morgan fingerprint density at radius 1 is 1.11 bits per heavy atom. The summed E-state index contributed by atoms with van der Waals surface area (Å²) in [6.07, 6.45) is 0. The van der Waals surface area contributed by atoms with Crippen LogP contribution in [-0.4, -0.2) is 5.91 Å². The van der Waals surface area contributed by atoms with Crippen molar-refractivity contribution in [2.24, 2.45) is 5.73 Å². The molecule has 0 radical (unpaired) electrons. The minimum Gasteiger partial charge on any atom is -0.368 e. The molecule has 2 rings (SSSR count). The predicted molar refractivity (Wildman–Crippen MR) is 76.4 cm³/mol. The Balaban J connectivity index is 2.06. The number of benzene rings is 2. The predicted octanol–water partition coefficient (Wildman–Crippen LogP) is 2.31. The van der Waals surface area contributed by atoms with Crippen molar-refractivity contribution in [1.29, 1.82) is 0 Å². The van der Waals surface area contributed by atoms with E-state index >= 15 is 0 Å².